The Bertz CT molecular complexity index is 558. The number of hydrogen-bond donors (Lipinski definition) is 0. The van der Waals surface area contributed by atoms with Crippen molar-refractivity contribution in [3.05, 3.63) is 35.5 Å². The van der Waals surface area contributed by atoms with E-state index in [9.17, 15) is 0 Å². The predicted molar refractivity (Wildman–Crippen MR) is 70.9 cm³/mol. The van der Waals surface area contributed by atoms with Crippen LogP contribution < -0.4 is 0 Å². The van der Waals surface area contributed by atoms with Gasteiger partial charge >= 0.3 is 0 Å². The van der Waals surface area contributed by atoms with E-state index in [0.717, 1.165) is 12.1 Å². The second kappa shape index (κ2) is 5.05. The number of nitrogens with zero attached hydrogens (tertiary/aromatic N) is 2. The van der Waals surface area contributed by atoms with Gasteiger partial charge in [-0.05, 0) is 37.1 Å². The van der Waals surface area contributed by atoms with Gasteiger partial charge in [0.15, 0.2) is 0 Å². The van der Waals surface area contributed by atoms with Gasteiger partial charge in [0, 0.05) is 23.6 Å². The Morgan fingerprint density at radius 1 is 1.29 bits per heavy atom. The molecule has 0 aliphatic carbocycles. The summed E-state index contributed by atoms with van der Waals surface area (Å²) < 4.78 is 2.26. The summed E-state index contributed by atoms with van der Waals surface area (Å²) in [6, 6.07) is 8.33. The molecule has 2 rings (SSSR count). The second-order valence-electron chi connectivity index (χ2n) is 4.55. The summed E-state index contributed by atoms with van der Waals surface area (Å²) in [4.78, 5) is 0. The Morgan fingerprint density at radius 2 is 2.12 bits per heavy atom. The SMILES string of the molecule is CCCCCn1ccc2c(C)cc(C#N)cc21. The molecule has 0 amide bonds. The molecule has 0 spiro atoms. The average molecular weight is 226 g/mol. The Kier molecular flexibility index (Phi) is 3.49. The molecule has 0 atom stereocenters. The van der Waals surface area contributed by atoms with E-state index in [1.54, 1.807) is 0 Å². The summed E-state index contributed by atoms with van der Waals surface area (Å²) in [7, 11) is 0. The van der Waals surface area contributed by atoms with Crippen molar-refractivity contribution in [1.82, 2.24) is 4.57 Å². The van der Waals surface area contributed by atoms with Crippen LogP contribution in [0.2, 0.25) is 0 Å². The number of fused-ring (bicyclic) bond motifs is 1. The van der Waals surface area contributed by atoms with E-state index in [-0.39, 0.29) is 0 Å². The van der Waals surface area contributed by atoms with Crippen LogP contribution in [0.25, 0.3) is 10.9 Å². The van der Waals surface area contributed by atoms with E-state index in [1.807, 2.05) is 12.1 Å². The Balaban J connectivity index is 2.38. The summed E-state index contributed by atoms with van der Waals surface area (Å²) in [5.41, 5.74) is 3.14. The van der Waals surface area contributed by atoms with Crippen LogP contribution in [-0.4, -0.2) is 4.57 Å². The number of nitriles is 1. The highest BCUT2D eigenvalue weighted by Gasteiger charge is 2.05. The zero-order valence-corrected chi connectivity index (χ0v) is 10.5. The zero-order valence-electron chi connectivity index (χ0n) is 10.5. The highest BCUT2D eigenvalue weighted by atomic mass is 14.9. The normalized spacial score (nSPS) is 10.6. The van der Waals surface area contributed by atoms with Crippen LogP contribution in [0.15, 0.2) is 24.4 Å². The molecule has 2 nitrogen and oxygen atoms in total. The zero-order chi connectivity index (χ0) is 12.3. The summed E-state index contributed by atoms with van der Waals surface area (Å²) >= 11 is 0. The molecule has 0 radical (unpaired) electrons. The average Bonchev–Trinajstić information content (AvgIpc) is 2.73. The second-order valence-corrected chi connectivity index (χ2v) is 4.55. The third-order valence-electron chi connectivity index (χ3n) is 3.23. The first-order valence-corrected chi connectivity index (χ1v) is 6.26. The van der Waals surface area contributed by atoms with Gasteiger partial charge in [-0.1, -0.05) is 19.8 Å². The first-order valence-electron chi connectivity index (χ1n) is 6.26. The van der Waals surface area contributed by atoms with Crippen molar-refractivity contribution in [3.63, 3.8) is 0 Å². The van der Waals surface area contributed by atoms with Gasteiger partial charge in [-0.2, -0.15) is 5.26 Å². The number of benzene rings is 1. The molecule has 17 heavy (non-hydrogen) atoms. The van der Waals surface area contributed by atoms with Crippen molar-refractivity contribution in [2.75, 3.05) is 0 Å². The van der Waals surface area contributed by atoms with Crippen molar-refractivity contribution >= 4 is 10.9 Å². The number of aryl methyl sites for hydroxylation is 2. The van der Waals surface area contributed by atoms with E-state index >= 15 is 0 Å². The van der Waals surface area contributed by atoms with Crippen LogP contribution in [0.3, 0.4) is 0 Å². The van der Waals surface area contributed by atoms with E-state index in [0.29, 0.717) is 0 Å². The molecule has 0 fully saturated rings. The molecule has 0 unspecified atom stereocenters. The smallest absolute Gasteiger partial charge is 0.0992 e. The minimum atomic E-state index is 0.755. The van der Waals surface area contributed by atoms with Crippen molar-refractivity contribution in [2.45, 2.75) is 39.7 Å². The maximum Gasteiger partial charge on any atom is 0.0992 e. The molecule has 88 valence electrons. The monoisotopic (exact) mass is 226 g/mol. The summed E-state index contributed by atoms with van der Waals surface area (Å²) in [5.74, 6) is 0. The van der Waals surface area contributed by atoms with E-state index in [2.05, 4.69) is 36.7 Å². The molecule has 0 saturated heterocycles. The van der Waals surface area contributed by atoms with Gasteiger partial charge in [-0.25, -0.2) is 0 Å². The Morgan fingerprint density at radius 3 is 2.82 bits per heavy atom. The van der Waals surface area contributed by atoms with Crippen LogP contribution in [0.4, 0.5) is 0 Å². The highest BCUT2D eigenvalue weighted by Crippen LogP contribution is 2.22. The van der Waals surface area contributed by atoms with Crippen LogP contribution in [0.5, 0.6) is 0 Å². The number of hydrogen-bond acceptors (Lipinski definition) is 1. The third kappa shape index (κ3) is 2.34. The molecule has 0 aliphatic heterocycles. The molecule has 1 aromatic heterocycles. The lowest BCUT2D eigenvalue weighted by atomic mass is 10.1. The van der Waals surface area contributed by atoms with Crippen molar-refractivity contribution < 1.29 is 0 Å². The first kappa shape index (κ1) is 11.7. The highest BCUT2D eigenvalue weighted by molar-refractivity contribution is 5.85. The van der Waals surface area contributed by atoms with Gasteiger partial charge in [-0.15, -0.1) is 0 Å². The Hall–Kier alpha value is -1.75. The van der Waals surface area contributed by atoms with Gasteiger partial charge in [-0.3, -0.25) is 0 Å². The van der Waals surface area contributed by atoms with Crippen molar-refractivity contribution in [1.29, 1.82) is 5.26 Å². The fourth-order valence-electron chi connectivity index (χ4n) is 2.27. The predicted octanol–water partition coefficient (Wildman–Crippen LogP) is 4.01. The fraction of sp³-hybridized carbons (Fsp3) is 0.400. The third-order valence-corrected chi connectivity index (χ3v) is 3.23. The molecule has 2 aromatic rings. The first-order chi connectivity index (χ1) is 8.26. The maximum atomic E-state index is 9.00. The lowest BCUT2D eigenvalue weighted by Crippen LogP contribution is -1.96. The Labute approximate surface area is 102 Å². The largest absolute Gasteiger partial charge is 0.347 e. The van der Waals surface area contributed by atoms with Crippen LogP contribution in [0, 0.1) is 18.3 Å². The van der Waals surface area contributed by atoms with Crippen molar-refractivity contribution in [3.8, 4) is 6.07 Å². The molecule has 0 bridgehead atoms. The topological polar surface area (TPSA) is 28.7 Å². The lowest BCUT2D eigenvalue weighted by molar-refractivity contribution is 0.616. The fourth-order valence-corrected chi connectivity index (χ4v) is 2.27. The lowest BCUT2D eigenvalue weighted by Gasteiger charge is -2.06. The number of unbranched alkanes of at least 4 members (excludes halogenated alkanes) is 2. The van der Waals surface area contributed by atoms with Gasteiger partial charge in [0.05, 0.1) is 11.6 Å². The molecular weight excluding hydrogens is 208 g/mol. The van der Waals surface area contributed by atoms with E-state index in [4.69, 9.17) is 5.26 Å². The molecule has 0 N–H and O–H groups in total. The quantitative estimate of drug-likeness (QED) is 0.724. The molecular formula is C15H18N2. The van der Waals surface area contributed by atoms with Crippen LogP contribution >= 0.6 is 0 Å². The van der Waals surface area contributed by atoms with Crippen molar-refractivity contribution in [2.24, 2.45) is 0 Å². The number of rotatable bonds is 4. The summed E-state index contributed by atoms with van der Waals surface area (Å²) in [5, 5.41) is 10.3. The van der Waals surface area contributed by atoms with Gasteiger partial charge < -0.3 is 4.57 Å². The van der Waals surface area contributed by atoms with E-state index in [1.165, 1.54) is 35.7 Å². The maximum absolute atomic E-state index is 9.00. The summed E-state index contributed by atoms with van der Waals surface area (Å²) in [6.45, 7) is 5.33. The standard InChI is InChI=1S/C15H18N2/c1-3-4-5-7-17-8-6-14-12(2)9-13(11-16)10-15(14)17/h6,8-10H,3-5,7H2,1-2H3. The van der Waals surface area contributed by atoms with Gasteiger partial charge in [0.2, 0.25) is 0 Å². The van der Waals surface area contributed by atoms with Crippen LogP contribution in [-0.2, 0) is 6.54 Å². The molecule has 1 heterocycles. The van der Waals surface area contributed by atoms with E-state index < -0.39 is 0 Å². The number of aromatic nitrogens is 1. The minimum Gasteiger partial charge on any atom is -0.347 e. The summed E-state index contributed by atoms with van der Waals surface area (Å²) in [6.07, 6.45) is 5.84. The molecule has 0 aliphatic rings. The molecule has 2 heteroatoms. The minimum absolute atomic E-state index is 0.755. The molecule has 1 aromatic carbocycles. The van der Waals surface area contributed by atoms with Crippen LogP contribution in [0.1, 0.15) is 37.3 Å². The van der Waals surface area contributed by atoms with Gasteiger partial charge in [0.1, 0.15) is 0 Å². The van der Waals surface area contributed by atoms with Gasteiger partial charge in [0.25, 0.3) is 0 Å². The molecule has 0 saturated carbocycles.